The first-order valence-corrected chi connectivity index (χ1v) is 15.1. The first-order chi connectivity index (χ1) is 21.3. The third kappa shape index (κ3) is 9.92. The molecule has 2 aliphatic heterocycles. The summed E-state index contributed by atoms with van der Waals surface area (Å²) in [6.45, 7) is 0.873. The van der Waals surface area contributed by atoms with E-state index in [9.17, 15) is 28.8 Å². The van der Waals surface area contributed by atoms with E-state index in [1.54, 1.807) is 0 Å². The number of carbonyl (C=O) groups is 6. The normalized spacial score (nSPS) is 21.4. The van der Waals surface area contributed by atoms with Crippen molar-refractivity contribution < 1.29 is 28.8 Å². The molecule has 6 amide bonds. The van der Waals surface area contributed by atoms with Gasteiger partial charge in [0.15, 0.2) is 0 Å². The van der Waals surface area contributed by atoms with Gasteiger partial charge in [0.05, 0.1) is 12.8 Å². The molecular formula is C32H40N6O6. The Morgan fingerprint density at radius 2 is 0.841 bits per heavy atom. The molecule has 44 heavy (non-hydrogen) atoms. The summed E-state index contributed by atoms with van der Waals surface area (Å²) < 4.78 is 0. The van der Waals surface area contributed by atoms with Gasteiger partial charge in [0, 0.05) is 25.9 Å². The molecule has 2 heterocycles. The van der Waals surface area contributed by atoms with Crippen LogP contribution < -0.4 is 31.9 Å². The highest BCUT2D eigenvalue weighted by atomic mass is 16.2. The van der Waals surface area contributed by atoms with Crippen LogP contribution in [0.1, 0.15) is 49.7 Å². The quantitative estimate of drug-likeness (QED) is 0.156. The molecular weight excluding hydrogens is 564 g/mol. The first kappa shape index (κ1) is 32.2. The predicted octanol–water partition coefficient (Wildman–Crippen LogP) is 0.0112. The molecule has 0 aromatic heterocycles. The number of unbranched alkanes of at least 4 members (excludes halogenated alkanes) is 3. The molecule has 0 saturated carbocycles. The van der Waals surface area contributed by atoms with Gasteiger partial charge in [0.25, 0.3) is 0 Å². The molecule has 0 aliphatic carbocycles. The second-order valence-corrected chi connectivity index (χ2v) is 11.1. The van der Waals surface area contributed by atoms with Crippen LogP contribution in [0.25, 0.3) is 0 Å². The smallest absolute Gasteiger partial charge is 0.243 e. The summed E-state index contributed by atoms with van der Waals surface area (Å²) in [5.74, 6) is -1.99. The SMILES string of the molecule is O=C(CC1NC(=O)C(Cc2ccccc2)NC1=O)NCCCCCCNC(=O)CC1NC(=O)C(Cc2ccccc2)NC1=O. The van der Waals surface area contributed by atoms with Gasteiger partial charge in [0.2, 0.25) is 35.4 Å². The molecule has 0 spiro atoms. The average Bonchev–Trinajstić information content (AvgIpc) is 3.00. The standard InChI is InChI=1S/C32H40N6O6/c39-27(19-25-31(43)35-23(29(41)37-25)17-21-11-5-3-6-12-21)33-15-9-1-2-10-16-34-28(40)20-26-32(44)36-24(30(42)38-26)18-22-13-7-4-8-14-22/h3-8,11-14,23-26H,1-2,9-10,15-20H2,(H,33,39)(H,34,40)(H,35,43)(H,36,44)(H,37,41)(H,38,42). The van der Waals surface area contributed by atoms with Crippen molar-refractivity contribution in [3.05, 3.63) is 71.8 Å². The van der Waals surface area contributed by atoms with E-state index in [0.29, 0.717) is 25.9 Å². The van der Waals surface area contributed by atoms with Crippen molar-refractivity contribution in [2.24, 2.45) is 0 Å². The van der Waals surface area contributed by atoms with Gasteiger partial charge in [0.1, 0.15) is 24.2 Å². The van der Waals surface area contributed by atoms with Crippen LogP contribution in [0.5, 0.6) is 0 Å². The fourth-order valence-corrected chi connectivity index (χ4v) is 5.20. The number of rotatable bonds is 15. The maximum Gasteiger partial charge on any atom is 0.243 e. The van der Waals surface area contributed by atoms with Gasteiger partial charge in [-0.15, -0.1) is 0 Å². The van der Waals surface area contributed by atoms with Crippen LogP contribution in [0.2, 0.25) is 0 Å². The maximum absolute atomic E-state index is 12.4. The highest BCUT2D eigenvalue weighted by Crippen LogP contribution is 2.10. The van der Waals surface area contributed by atoms with E-state index in [1.165, 1.54) is 0 Å². The molecule has 12 heteroatoms. The summed E-state index contributed by atoms with van der Waals surface area (Å²) in [6.07, 6.45) is 3.59. The molecule has 0 radical (unpaired) electrons. The van der Waals surface area contributed by atoms with E-state index in [1.807, 2.05) is 60.7 Å². The molecule has 2 aromatic carbocycles. The Labute approximate surface area is 256 Å². The predicted molar refractivity (Wildman–Crippen MR) is 162 cm³/mol. The minimum Gasteiger partial charge on any atom is -0.356 e. The van der Waals surface area contributed by atoms with Crippen LogP contribution >= 0.6 is 0 Å². The van der Waals surface area contributed by atoms with Gasteiger partial charge in [-0.3, -0.25) is 28.8 Å². The van der Waals surface area contributed by atoms with E-state index in [-0.39, 0.29) is 48.3 Å². The van der Waals surface area contributed by atoms with E-state index in [0.717, 1.165) is 36.8 Å². The monoisotopic (exact) mass is 604 g/mol. The van der Waals surface area contributed by atoms with Gasteiger partial charge >= 0.3 is 0 Å². The summed E-state index contributed by atoms with van der Waals surface area (Å²) in [6, 6.07) is 15.6. The molecule has 12 nitrogen and oxygen atoms in total. The summed E-state index contributed by atoms with van der Waals surface area (Å²) >= 11 is 0. The zero-order chi connectivity index (χ0) is 31.3. The Hall–Kier alpha value is -4.74. The highest BCUT2D eigenvalue weighted by Gasteiger charge is 2.35. The Kier molecular flexibility index (Phi) is 11.8. The van der Waals surface area contributed by atoms with Crippen LogP contribution in [-0.2, 0) is 41.6 Å². The zero-order valence-electron chi connectivity index (χ0n) is 24.6. The number of carbonyl (C=O) groups excluding carboxylic acids is 6. The molecule has 2 aromatic rings. The van der Waals surface area contributed by atoms with Crippen LogP contribution in [0.3, 0.4) is 0 Å². The minimum atomic E-state index is -0.901. The van der Waals surface area contributed by atoms with Crippen LogP contribution in [0, 0.1) is 0 Å². The molecule has 4 unspecified atom stereocenters. The Balaban J connectivity index is 1.02. The molecule has 2 fully saturated rings. The maximum atomic E-state index is 12.4. The molecule has 0 bridgehead atoms. The number of hydrogen-bond donors (Lipinski definition) is 6. The summed E-state index contributed by atoms with van der Waals surface area (Å²) in [7, 11) is 0. The van der Waals surface area contributed by atoms with Crippen molar-refractivity contribution in [3.63, 3.8) is 0 Å². The Bertz CT molecular complexity index is 1220. The van der Waals surface area contributed by atoms with Crippen molar-refractivity contribution in [2.45, 2.75) is 75.5 Å². The number of benzene rings is 2. The lowest BCUT2D eigenvalue weighted by Gasteiger charge is -2.29. The van der Waals surface area contributed by atoms with Gasteiger partial charge in [-0.05, 0) is 24.0 Å². The molecule has 4 rings (SSSR count). The van der Waals surface area contributed by atoms with Crippen molar-refractivity contribution in [3.8, 4) is 0 Å². The fraction of sp³-hybridized carbons (Fsp3) is 0.438. The highest BCUT2D eigenvalue weighted by molar-refractivity contribution is 6.00. The van der Waals surface area contributed by atoms with Crippen molar-refractivity contribution in [2.75, 3.05) is 13.1 Å². The van der Waals surface area contributed by atoms with E-state index in [2.05, 4.69) is 31.9 Å². The lowest BCUT2D eigenvalue weighted by Crippen LogP contribution is -2.63. The lowest BCUT2D eigenvalue weighted by molar-refractivity contribution is -0.138. The number of piperazine rings is 2. The number of hydrogen-bond acceptors (Lipinski definition) is 6. The Morgan fingerprint density at radius 1 is 0.500 bits per heavy atom. The molecule has 2 aliphatic rings. The average molecular weight is 605 g/mol. The lowest BCUT2D eigenvalue weighted by atomic mass is 10.0. The van der Waals surface area contributed by atoms with Crippen molar-refractivity contribution >= 4 is 35.4 Å². The zero-order valence-corrected chi connectivity index (χ0v) is 24.6. The van der Waals surface area contributed by atoms with Crippen molar-refractivity contribution in [1.82, 2.24) is 31.9 Å². The third-order valence-corrected chi connectivity index (χ3v) is 7.62. The fourth-order valence-electron chi connectivity index (χ4n) is 5.20. The molecule has 234 valence electrons. The van der Waals surface area contributed by atoms with Gasteiger partial charge in [-0.25, -0.2) is 0 Å². The largest absolute Gasteiger partial charge is 0.356 e. The van der Waals surface area contributed by atoms with Crippen LogP contribution in [-0.4, -0.2) is 72.7 Å². The van der Waals surface area contributed by atoms with Gasteiger partial charge in [-0.1, -0.05) is 73.5 Å². The first-order valence-electron chi connectivity index (χ1n) is 15.1. The van der Waals surface area contributed by atoms with Crippen LogP contribution in [0.4, 0.5) is 0 Å². The van der Waals surface area contributed by atoms with Crippen molar-refractivity contribution in [1.29, 1.82) is 0 Å². The van der Waals surface area contributed by atoms with Crippen LogP contribution in [0.15, 0.2) is 60.7 Å². The Morgan fingerprint density at radius 3 is 1.23 bits per heavy atom. The molecule has 4 atom stereocenters. The van der Waals surface area contributed by atoms with Gasteiger partial charge < -0.3 is 31.9 Å². The second-order valence-electron chi connectivity index (χ2n) is 11.1. The van der Waals surface area contributed by atoms with Gasteiger partial charge in [-0.2, -0.15) is 0 Å². The summed E-state index contributed by atoms with van der Waals surface area (Å²) in [4.78, 5) is 74.4. The topological polar surface area (TPSA) is 175 Å². The molecule has 6 N–H and O–H groups in total. The minimum absolute atomic E-state index is 0.130. The third-order valence-electron chi connectivity index (χ3n) is 7.62. The number of amides is 6. The van der Waals surface area contributed by atoms with E-state index >= 15 is 0 Å². The number of nitrogens with one attached hydrogen (secondary N) is 6. The molecule has 2 saturated heterocycles. The van der Waals surface area contributed by atoms with E-state index < -0.39 is 24.2 Å². The second kappa shape index (κ2) is 16.2. The summed E-state index contributed by atoms with van der Waals surface area (Å²) in [5.41, 5.74) is 1.87. The van der Waals surface area contributed by atoms with E-state index in [4.69, 9.17) is 0 Å². The summed E-state index contributed by atoms with van der Waals surface area (Å²) in [5, 5.41) is 16.3.